The molecule has 1 aliphatic heterocycles. The molecule has 24 heavy (non-hydrogen) atoms. The van der Waals surface area contributed by atoms with E-state index >= 15 is 0 Å². The molecule has 0 bridgehead atoms. The summed E-state index contributed by atoms with van der Waals surface area (Å²) in [6.07, 6.45) is 10.4. The highest BCUT2D eigenvalue weighted by Gasteiger charge is 2.31. The lowest BCUT2D eigenvalue weighted by Crippen LogP contribution is -2.40. The number of nitrogens with zero attached hydrogens (tertiary/aromatic N) is 1. The van der Waals surface area contributed by atoms with Crippen molar-refractivity contribution in [2.24, 2.45) is 17.8 Å². The molecule has 4 atom stereocenters. The van der Waals surface area contributed by atoms with E-state index in [2.05, 4.69) is 25.7 Å². The van der Waals surface area contributed by atoms with Crippen molar-refractivity contribution in [3.63, 3.8) is 0 Å². The first kappa shape index (κ1) is 21.9. The highest BCUT2D eigenvalue weighted by atomic mass is 16.5. The van der Waals surface area contributed by atoms with Crippen LogP contribution in [-0.2, 0) is 4.74 Å². The average molecular weight is 342 g/mol. The van der Waals surface area contributed by atoms with Crippen LogP contribution in [-0.4, -0.2) is 48.5 Å². The van der Waals surface area contributed by atoms with Gasteiger partial charge in [0.15, 0.2) is 0 Å². The first-order chi connectivity index (χ1) is 11.1. The largest absolute Gasteiger partial charge is 0.389 e. The third-order valence-electron chi connectivity index (χ3n) is 5.88. The molecular weight excluding hydrogens is 298 g/mol. The summed E-state index contributed by atoms with van der Waals surface area (Å²) in [5.74, 6) is 2.11. The van der Waals surface area contributed by atoms with Gasteiger partial charge in [-0.2, -0.15) is 0 Å². The fourth-order valence-electron chi connectivity index (χ4n) is 4.39. The minimum atomic E-state index is -0.334. The van der Waals surface area contributed by atoms with Crippen molar-refractivity contribution >= 4 is 0 Å². The summed E-state index contributed by atoms with van der Waals surface area (Å²) < 4.78 is 6.21. The van der Waals surface area contributed by atoms with Crippen LogP contribution < -0.4 is 0 Å². The molecule has 0 spiro atoms. The van der Waals surface area contributed by atoms with Crippen molar-refractivity contribution in [3.8, 4) is 0 Å². The molecule has 0 aromatic carbocycles. The Bertz CT molecular complexity index is 313. The summed E-state index contributed by atoms with van der Waals surface area (Å²) in [5, 5.41) is 10.4. The summed E-state index contributed by atoms with van der Waals surface area (Å²) in [7, 11) is 0. The lowest BCUT2D eigenvalue weighted by Gasteiger charge is -2.37. The summed E-state index contributed by atoms with van der Waals surface area (Å²) in [4.78, 5) is 2.44. The van der Waals surface area contributed by atoms with E-state index in [9.17, 15) is 5.11 Å². The second-order valence-electron chi connectivity index (χ2n) is 8.42. The smallest absolute Gasteiger partial charge is 0.0900 e. The van der Waals surface area contributed by atoms with Crippen LogP contribution in [0, 0.1) is 17.8 Å². The van der Waals surface area contributed by atoms with Gasteiger partial charge in [-0.25, -0.2) is 0 Å². The van der Waals surface area contributed by atoms with Crippen molar-refractivity contribution in [1.82, 2.24) is 4.90 Å². The fraction of sp³-hybridized carbons (Fsp3) is 1.00. The van der Waals surface area contributed by atoms with Crippen molar-refractivity contribution in [2.75, 3.05) is 26.2 Å². The van der Waals surface area contributed by atoms with Gasteiger partial charge in [-0.15, -0.1) is 0 Å². The summed E-state index contributed by atoms with van der Waals surface area (Å²) in [6, 6.07) is 0. The first-order valence-electron chi connectivity index (χ1n) is 10.1. The number of β-amino-alcohol motifs (C(OH)–C–C–N with tert-alkyl or cyclic N) is 1. The molecule has 0 radical (unpaired) electrons. The molecule has 2 fully saturated rings. The zero-order valence-corrected chi connectivity index (χ0v) is 15.7. The molecular formula is C21H43NO2. The molecule has 1 saturated heterocycles. The van der Waals surface area contributed by atoms with Crippen LogP contribution in [0.25, 0.3) is 0 Å². The molecule has 0 amide bonds. The normalized spacial score (nSPS) is 31.1. The molecule has 1 aliphatic carbocycles. The molecule has 4 unspecified atom stereocenters. The van der Waals surface area contributed by atoms with Gasteiger partial charge in [-0.1, -0.05) is 53.9 Å². The molecule has 144 valence electrons. The van der Waals surface area contributed by atoms with E-state index in [1.807, 2.05) is 0 Å². The van der Waals surface area contributed by atoms with Gasteiger partial charge in [0, 0.05) is 6.54 Å². The zero-order chi connectivity index (χ0) is 16.7. The van der Waals surface area contributed by atoms with Crippen LogP contribution in [0.1, 0.15) is 79.6 Å². The zero-order valence-electron chi connectivity index (χ0n) is 15.7. The van der Waals surface area contributed by atoms with Gasteiger partial charge in [0.25, 0.3) is 0 Å². The number of ether oxygens (including phenoxy) is 1. The Morgan fingerprint density at radius 1 is 1.04 bits per heavy atom. The lowest BCUT2D eigenvalue weighted by molar-refractivity contribution is -0.0740. The van der Waals surface area contributed by atoms with E-state index in [4.69, 9.17) is 4.74 Å². The van der Waals surface area contributed by atoms with Gasteiger partial charge in [-0.3, -0.25) is 0 Å². The monoisotopic (exact) mass is 341 g/mol. The molecule has 2 rings (SSSR count). The molecule has 1 saturated carbocycles. The topological polar surface area (TPSA) is 32.7 Å². The summed E-state index contributed by atoms with van der Waals surface area (Å²) in [6.45, 7) is 10.6. The number of hydrogen-bond donors (Lipinski definition) is 1. The van der Waals surface area contributed by atoms with E-state index < -0.39 is 0 Å². The molecule has 3 nitrogen and oxygen atoms in total. The van der Waals surface area contributed by atoms with Gasteiger partial charge in [0.2, 0.25) is 0 Å². The molecule has 1 N–H and O–H groups in total. The maximum absolute atomic E-state index is 10.4. The molecule has 3 heteroatoms. The summed E-state index contributed by atoms with van der Waals surface area (Å²) in [5.41, 5.74) is 0. The Morgan fingerprint density at radius 3 is 2.29 bits per heavy atom. The molecule has 1 heterocycles. The van der Waals surface area contributed by atoms with E-state index in [0.29, 0.717) is 24.5 Å². The Labute approximate surface area is 151 Å². The van der Waals surface area contributed by atoms with Crippen molar-refractivity contribution in [1.29, 1.82) is 0 Å². The quantitative estimate of drug-likeness (QED) is 0.758. The highest BCUT2D eigenvalue weighted by molar-refractivity contribution is 4.82. The van der Waals surface area contributed by atoms with E-state index in [1.165, 1.54) is 51.4 Å². The summed E-state index contributed by atoms with van der Waals surface area (Å²) >= 11 is 0. The van der Waals surface area contributed by atoms with E-state index in [1.54, 1.807) is 0 Å². The van der Waals surface area contributed by atoms with Crippen LogP contribution in [0.2, 0.25) is 0 Å². The van der Waals surface area contributed by atoms with Gasteiger partial charge in [0.1, 0.15) is 0 Å². The molecule has 2 aliphatic rings. The van der Waals surface area contributed by atoms with Gasteiger partial charge in [-0.05, 0) is 56.5 Å². The Balaban J connectivity index is 0.00000288. The minimum Gasteiger partial charge on any atom is -0.389 e. The second-order valence-corrected chi connectivity index (χ2v) is 8.42. The van der Waals surface area contributed by atoms with Crippen molar-refractivity contribution in [2.45, 2.75) is 91.8 Å². The predicted octanol–water partition coefficient (Wildman–Crippen LogP) is 4.73. The van der Waals surface area contributed by atoms with Crippen LogP contribution in [0.3, 0.4) is 0 Å². The molecule has 0 aromatic heterocycles. The Kier molecular flexibility index (Phi) is 10.5. The number of aliphatic hydroxyl groups is 1. The van der Waals surface area contributed by atoms with Crippen LogP contribution in [0.15, 0.2) is 0 Å². The minimum absolute atomic E-state index is 0. The Hall–Kier alpha value is -0.120. The number of hydrogen-bond acceptors (Lipinski definition) is 3. The predicted molar refractivity (Wildman–Crippen MR) is 103 cm³/mol. The maximum Gasteiger partial charge on any atom is 0.0900 e. The van der Waals surface area contributed by atoms with Crippen LogP contribution >= 0.6 is 0 Å². The standard InChI is InChI=1S/C20H39NO2.CH4/c1-16(2)19-10-9-17(3)13-20(19)23-15-18(22)14-21-11-7-5-4-6-8-12-21;/h16-20,22H,4-15H2,1-3H3;1H4. The van der Waals surface area contributed by atoms with Gasteiger partial charge < -0.3 is 14.7 Å². The van der Waals surface area contributed by atoms with E-state index in [0.717, 1.165) is 25.6 Å². The number of aliphatic hydroxyl groups excluding tert-OH is 1. The van der Waals surface area contributed by atoms with Crippen molar-refractivity contribution < 1.29 is 9.84 Å². The first-order valence-corrected chi connectivity index (χ1v) is 10.1. The van der Waals surface area contributed by atoms with Crippen LogP contribution in [0.5, 0.6) is 0 Å². The fourth-order valence-corrected chi connectivity index (χ4v) is 4.39. The second kappa shape index (κ2) is 11.5. The van der Waals surface area contributed by atoms with Gasteiger partial charge in [0.05, 0.1) is 18.8 Å². The third-order valence-corrected chi connectivity index (χ3v) is 5.88. The third kappa shape index (κ3) is 7.41. The SMILES string of the molecule is C.CC1CCC(C(C)C)C(OCC(O)CN2CCCCCCC2)C1. The number of rotatable bonds is 6. The molecule has 0 aromatic rings. The lowest BCUT2D eigenvalue weighted by atomic mass is 9.75. The van der Waals surface area contributed by atoms with E-state index in [-0.39, 0.29) is 13.5 Å². The average Bonchev–Trinajstić information content (AvgIpc) is 2.47. The maximum atomic E-state index is 10.4. The number of likely N-dealkylation sites (tertiary alicyclic amines) is 1. The Morgan fingerprint density at radius 2 is 1.67 bits per heavy atom. The van der Waals surface area contributed by atoms with Gasteiger partial charge >= 0.3 is 0 Å². The van der Waals surface area contributed by atoms with Crippen LogP contribution in [0.4, 0.5) is 0 Å². The van der Waals surface area contributed by atoms with Crippen molar-refractivity contribution in [3.05, 3.63) is 0 Å². The highest BCUT2D eigenvalue weighted by Crippen LogP contribution is 2.35.